The molecule has 0 heteroatoms. The van der Waals surface area contributed by atoms with E-state index in [0.717, 1.165) is 34.1 Å². The zero-order valence-corrected chi connectivity index (χ0v) is 20.5. The number of rotatable bonds is 2. The zero-order valence-electron chi connectivity index (χ0n) is 20.5. The Morgan fingerprint density at radius 3 is 1.61 bits per heavy atom. The van der Waals surface area contributed by atoms with Crippen LogP contribution in [0.5, 0.6) is 0 Å². The Bertz CT molecular complexity index is 1190. The summed E-state index contributed by atoms with van der Waals surface area (Å²) in [6.07, 6.45) is 6.76. The number of hydrogen-bond donors (Lipinski definition) is 0. The molecule has 0 bridgehead atoms. The van der Waals surface area contributed by atoms with Crippen LogP contribution >= 0.6 is 0 Å². The first-order valence-corrected chi connectivity index (χ1v) is 12.3. The van der Waals surface area contributed by atoms with Gasteiger partial charge in [0, 0.05) is 22.3 Å². The molecule has 33 heavy (non-hydrogen) atoms. The fourth-order valence-corrected chi connectivity index (χ4v) is 4.88. The number of aryl methyl sites for hydroxylation is 3. The third-order valence-electron chi connectivity index (χ3n) is 6.86. The van der Waals surface area contributed by atoms with E-state index in [9.17, 15) is 0 Å². The smallest absolute Gasteiger partial charge is 0.0307 e. The zero-order chi connectivity index (χ0) is 23.2. The normalized spacial score (nSPS) is 17.5. The maximum absolute atomic E-state index is 3.35. The SMILES string of the molecule is Cc1cc(C)c(C#Cc2ccc(C#Cc3ccc(CC4CCC(C)CC4)cc3)cc2)c(C)c1. The fraction of sp³-hybridized carbons (Fsp3) is 0.333. The first kappa shape index (κ1) is 23.0. The van der Waals surface area contributed by atoms with Crippen LogP contribution in [0.1, 0.15) is 77.1 Å². The molecule has 4 rings (SSSR count). The highest BCUT2D eigenvalue weighted by Crippen LogP contribution is 2.30. The van der Waals surface area contributed by atoms with Gasteiger partial charge in [0.1, 0.15) is 0 Å². The molecule has 3 aromatic carbocycles. The van der Waals surface area contributed by atoms with E-state index in [1.54, 1.807) is 0 Å². The molecule has 0 aromatic heterocycles. The van der Waals surface area contributed by atoms with E-state index in [1.807, 2.05) is 0 Å². The summed E-state index contributed by atoms with van der Waals surface area (Å²) in [7, 11) is 0. The lowest BCUT2D eigenvalue weighted by Crippen LogP contribution is -2.14. The molecule has 1 aliphatic rings. The van der Waals surface area contributed by atoms with Crippen molar-refractivity contribution in [3.05, 3.63) is 105 Å². The van der Waals surface area contributed by atoms with Crippen molar-refractivity contribution in [3.8, 4) is 23.7 Å². The molecular weight excluding hydrogens is 396 g/mol. The van der Waals surface area contributed by atoms with Crippen LogP contribution in [0, 0.1) is 56.3 Å². The molecule has 3 aromatic rings. The molecule has 0 amide bonds. The predicted octanol–water partition coefficient (Wildman–Crippen LogP) is 7.78. The standard InChI is InChI=1S/C33H34/c1-24-5-7-31(8-6-24)23-32-17-15-29(16-18-32)10-9-28-11-13-30(14-12-28)19-20-33-26(3)21-25(2)22-27(33)4/h11-18,21-22,24,31H,5-8,23H2,1-4H3. The Kier molecular flexibility index (Phi) is 7.37. The summed E-state index contributed by atoms with van der Waals surface area (Å²) in [5.74, 6) is 15.0. The molecule has 0 spiro atoms. The van der Waals surface area contributed by atoms with Crippen molar-refractivity contribution >= 4 is 0 Å². The van der Waals surface area contributed by atoms with Gasteiger partial charge in [-0.3, -0.25) is 0 Å². The minimum Gasteiger partial charge on any atom is -0.0625 e. The Labute approximate surface area is 200 Å². The molecule has 0 unspecified atom stereocenters. The summed E-state index contributed by atoms with van der Waals surface area (Å²) < 4.78 is 0. The highest BCUT2D eigenvalue weighted by Gasteiger charge is 2.18. The van der Waals surface area contributed by atoms with Gasteiger partial charge in [-0.25, -0.2) is 0 Å². The molecule has 1 saturated carbocycles. The monoisotopic (exact) mass is 430 g/mol. The van der Waals surface area contributed by atoms with Gasteiger partial charge in [0.2, 0.25) is 0 Å². The van der Waals surface area contributed by atoms with Gasteiger partial charge in [-0.15, -0.1) is 0 Å². The van der Waals surface area contributed by atoms with Gasteiger partial charge in [-0.2, -0.15) is 0 Å². The second-order valence-corrected chi connectivity index (χ2v) is 9.88. The fourth-order valence-electron chi connectivity index (χ4n) is 4.88. The van der Waals surface area contributed by atoms with Crippen LogP contribution in [0.4, 0.5) is 0 Å². The summed E-state index contributed by atoms with van der Waals surface area (Å²) in [5, 5.41) is 0. The van der Waals surface area contributed by atoms with Crippen LogP contribution in [0.3, 0.4) is 0 Å². The maximum Gasteiger partial charge on any atom is 0.0307 e. The predicted molar refractivity (Wildman–Crippen MR) is 140 cm³/mol. The quantitative estimate of drug-likeness (QED) is 0.364. The third-order valence-corrected chi connectivity index (χ3v) is 6.86. The molecule has 0 radical (unpaired) electrons. The van der Waals surface area contributed by atoms with E-state index >= 15 is 0 Å². The largest absolute Gasteiger partial charge is 0.0625 e. The Hall–Kier alpha value is -3.22. The van der Waals surface area contributed by atoms with Crippen molar-refractivity contribution in [3.63, 3.8) is 0 Å². The van der Waals surface area contributed by atoms with E-state index < -0.39 is 0 Å². The Morgan fingerprint density at radius 1 is 0.636 bits per heavy atom. The lowest BCUT2D eigenvalue weighted by Gasteiger charge is -2.26. The molecule has 0 heterocycles. The average molecular weight is 431 g/mol. The van der Waals surface area contributed by atoms with Crippen LogP contribution in [-0.2, 0) is 6.42 Å². The highest BCUT2D eigenvalue weighted by molar-refractivity contribution is 5.52. The van der Waals surface area contributed by atoms with E-state index in [1.165, 1.54) is 54.4 Å². The average Bonchev–Trinajstić information content (AvgIpc) is 2.80. The van der Waals surface area contributed by atoms with Crippen molar-refractivity contribution < 1.29 is 0 Å². The second kappa shape index (κ2) is 10.6. The maximum atomic E-state index is 3.35. The Morgan fingerprint density at radius 2 is 1.09 bits per heavy atom. The van der Waals surface area contributed by atoms with Crippen molar-refractivity contribution in [1.29, 1.82) is 0 Å². The van der Waals surface area contributed by atoms with E-state index in [4.69, 9.17) is 0 Å². The number of hydrogen-bond acceptors (Lipinski definition) is 0. The molecule has 1 aliphatic carbocycles. The van der Waals surface area contributed by atoms with Crippen LogP contribution in [0.15, 0.2) is 60.7 Å². The molecule has 0 saturated heterocycles. The summed E-state index contributed by atoms with van der Waals surface area (Å²) in [4.78, 5) is 0. The van der Waals surface area contributed by atoms with Gasteiger partial charge in [0.05, 0.1) is 0 Å². The third kappa shape index (κ3) is 6.40. The molecule has 0 N–H and O–H groups in total. The Balaban J connectivity index is 1.38. The molecule has 0 atom stereocenters. The first-order valence-electron chi connectivity index (χ1n) is 12.3. The van der Waals surface area contributed by atoms with Crippen LogP contribution in [0.25, 0.3) is 0 Å². The van der Waals surface area contributed by atoms with Crippen molar-refractivity contribution in [2.45, 2.75) is 59.8 Å². The molecular formula is C33H34. The van der Waals surface area contributed by atoms with Gasteiger partial charge in [0.25, 0.3) is 0 Å². The lowest BCUT2D eigenvalue weighted by molar-refractivity contribution is 0.289. The van der Waals surface area contributed by atoms with Gasteiger partial charge in [-0.05, 0) is 105 Å². The first-order chi connectivity index (χ1) is 16.0. The van der Waals surface area contributed by atoms with Gasteiger partial charge >= 0.3 is 0 Å². The van der Waals surface area contributed by atoms with Gasteiger partial charge in [0.15, 0.2) is 0 Å². The summed E-state index contributed by atoms with van der Waals surface area (Å²) >= 11 is 0. The van der Waals surface area contributed by atoms with Crippen molar-refractivity contribution in [1.82, 2.24) is 0 Å². The van der Waals surface area contributed by atoms with Gasteiger partial charge in [-0.1, -0.05) is 73.3 Å². The number of benzene rings is 3. The van der Waals surface area contributed by atoms with Crippen molar-refractivity contribution in [2.75, 3.05) is 0 Å². The molecule has 0 nitrogen and oxygen atoms in total. The van der Waals surface area contributed by atoms with Crippen LogP contribution < -0.4 is 0 Å². The molecule has 166 valence electrons. The summed E-state index contributed by atoms with van der Waals surface area (Å²) in [5.41, 5.74) is 9.44. The molecule has 0 aliphatic heterocycles. The minimum atomic E-state index is 0.860. The molecule has 1 fully saturated rings. The van der Waals surface area contributed by atoms with Crippen LogP contribution in [-0.4, -0.2) is 0 Å². The van der Waals surface area contributed by atoms with Crippen LogP contribution in [0.2, 0.25) is 0 Å². The summed E-state index contributed by atoms with van der Waals surface area (Å²) in [6.45, 7) is 8.78. The van der Waals surface area contributed by atoms with Crippen molar-refractivity contribution in [2.24, 2.45) is 11.8 Å². The topological polar surface area (TPSA) is 0 Å². The van der Waals surface area contributed by atoms with Gasteiger partial charge < -0.3 is 0 Å². The van der Waals surface area contributed by atoms with E-state index in [0.29, 0.717) is 0 Å². The minimum absolute atomic E-state index is 0.860. The highest BCUT2D eigenvalue weighted by atomic mass is 14.2. The van der Waals surface area contributed by atoms with E-state index in [2.05, 4.69) is 112 Å². The van der Waals surface area contributed by atoms with E-state index in [-0.39, 0.29) is 0 Å². The summed E-state index contributed by atoms with van der Waals surface area (Å²) in [6, 6.07) is 21.5. The lowest BCUT2D eigenvalue weighted by atomic mass is 9.80. The second-order valence-electron chi connectivity index (χ2n) is 9.88.